The maximum Gasteiger partial charge on any atom is 0.251 e. The van der Waals surface area contributed by atoms with Crippen LogP contribution < -0.4 is 20.1 Å². The van der Waals surface area contributed by atoms with Crippen LogP contribution in [0.1, 0.15) is 44.5 Å². The molecular weight excluding hydrogens is 460 g/mol. The van der Waals surface area contributed by atoms with Gasteiger partial charge in [-0.3, -0.25) is 4.79 Å². The molecule has 1 aliphatic carbocycles. The number of rotatable bonds is 9. The van der Waals surface area contributed by atoms with Crippen molar-refractivity contribution < 1.29 is 9.21 Å². The molecule has 0 spiro atoms. The Morgan fingerprint density at radius 2 is 1.73 bits per heavy atom. The number of hydrogen-bond donors (Lipinski definition) is 1. The van der Waals surface area contributed by atoms with Crippen LogP contribution >= 0.6 is 0 Å². The molecule has 190 valence electrons. The molecule has 0 bridgehead atoms. The van der Waals surface area contributed by atoms with Gasteiger partial charge < -0.3 is 14.6 Å². The average Bonchev–Trinajstić information content (AvgIpc) is 2.93. The molecule has 0 aromatic heterocycles. The van der Waals surface area contributed by atoms with E-state index in [1.165, 1.54) is 0 Å². The number of hydrogen-bond acceptors (Lipinski definition) is 4. The second-order valence-corrected chi connectivity index (χ2v) is 8.89. The Kier molecular flexibility index (Phi) is 8.25. The number of nitrogens with one attached hydrogen (secondary N) is 1. The standard InChI is InChI=1S/C31H34N4O2/c1-5-34(6-2)22-14-16-26-28(20-22)37-29-21-23(35(7-3)8-4)15-17-27(29)30(26)24-12-9-10-13-25(24)31(36)33-19-11-18-32/h9-10,12-17,20-21H,5-8,11,19H2,1-4H3/p+1. The third-order valence-electron chi connectivity index (χ3n) is 6.91. The first-order valence-corrected chi connectivity index (χ1v) is 13.1. The van der Waals surface area contributed by atoms with Crippen LogP contribution in [0.2, 0.25) is 0 Å². The van der Waals surface area contributed by atoms with E-state index in [1.54, 1.807) is 0 Å². The van der Waals surface area contributed by atoms with E-state index in [4.69, 9.17) is 9.68 Å². The Labute approximate surface area is 218 Å². The lowest BCUT2D eigenvalue weighted by Crippen LogP contribution is -2.29. The van der Waals surface area contributed by atoms with Crippen molar-refractivity contribution in [2.45, 2.75) is 34.1 Å². The summed E-state index contributed by atoms with van der Waals surface area (Å²) in [6.07, 6.45) is 0.270. The molecule has 2 aromatic carbocycles. The van der Waals surface area contributed by atoms with Gasteiger partial charge >= 0.3 is 0 Å². The monoisotopic (exact) mass is 495 g/mol. The zero-order valence-corrected chi connectivity index (χ0v) is 22.2. The highest BCUT2D eigenvalue weighted by atomic mass is 16.3. The van der Waals surface area contributed by atoms with E-state index < -0.39 is 0 Å². The first-order valence-electron chi connectivity index (χ1n) is 13.1. The van der Waals surface area contributed by atoms with Crippen LogP contribution in [0, 0.1) is 11.3 Å². The molecule has 0 unspecified atom stereocenters. The predicted molar refractivity (Wildman–Crippen MR) is 151 cm³/mol. The normalized spacial score (nSPS) is 10.9. The summed E-state index contributed by atoms with van der Waals surface area (Å²) >= 11 is 0. The second-order valence-electron chi connectivity index (χ2n) is 8.89. The number of carbonyl (C=O) groups is 1. The minimum Gasteiger partial charge on any atom is -0.456 e. The second kappa shape index (κ2) is 11.7. The summed E-state index contributed by atoms with van der Waals surface area (Å²) < 4.78 is 8.85. The zero-order valence-electron chi connectivity index (χ0n) is 22.2. The summed E-state index contributed by atoms with van der Waals surface area (Å²) in [6.45, 7) is 12.5. The Morgan fingerprint density at radius 3 is 2.43 bits per heavy atom. The Morgan fingerprint density at radius 1 is 0.973 bits per heavy atom. The van der Waals surface area contributed by atoms with E-state index in [0.29, 0.717) is 12.1 Å². The third-order valence-corrected chi connectivity index (χ3v) is 6.91. The Bertz CT molecular complexity index is 1490. The van der Waals surface area contributed by atoms with Gasteiger partial charge in [0.15, 0.2) is 0 Å². The largest absolute Gasteiger partial charge is 0.456 e. The fourth-order valence-corrected chi connectivity index (χ4v) is 4.95. The number of benzene rings is 3. The van der Waals surface area contributed by atoms with E-state index >= 15 is 0 Å². The molecule has 1 aliphatic heterocycles. The molecule has 2 aromatic rings. The van der Waals surface area contributed by atoms with Gasteiger partial charge in [0.25, 0.3) is 5.91 Å². The van der Waals surface area contributed by atoms with Crippen molar-refractivity contribution >= 4 is 22.6 Å². The lowest BCUT2D eigenvalue weighted by molar-refractivity contribution is 0.0955. The summed E-state index contributed by atoms with van der Waals surface area (Å²) in [5.41, 5.74) is 5.23. The van der Waals surface area contributed by atoms with Crippen LogP contribution in [0.25, 0.3) is 33.4 Å². The SMILES string of the molecule is CCN(CC)c1ccc2c(-c3ccccc3C(=O)NCCC#N)c3ccc(=[N+](CC)CC)cc-3oc2c1. The van der Waals surface area contributed by atoms with Crippen molar-refractivity contribution in [2.24, 2.45) is 0 Å². The Balaban J connectivity index is 2.04. The molecule has 4 rings (SSSR count). The van der Waals surface area contributed by atoms with Crippen molar-refractivity contribution in [1.82, 2.24) is 9.89 Å². The van der Waals surface area contributed by atoms with Gasteiger partial charge in [-0.1, -0.05) is 18.2 Å². The third kappa shape index (κ3) is 5.22. The lowest BCUT2D eigenvalue weighted by atomic mass is 9.90. The molecule has 6 heteroatoms. The molecule has 0 radical (unpaired) electrons. The maximum atomic E-state index is 13.2. The summed E-state index contributed by atoms with van der Waals surface area (Å²) in [7, 11) is 0. The van der Waals surface area contributed by atoms with Crippen LogP contribution in [-0.2, 0) is 0 Å². The fraction of sp³-hybridized carbons (Fsp3) is 0.323. The van der Waals surface area contributed by atoms with Gasteiger partial charge in [0.1, 0.15) is 24.4 Å². The van der Waals surface area contributed by atoms with Crippen molar-refractivity contribution in [3.05, 3.63) is 71.6 Å². The lowest BCUT2D eigenvalue weighted by Gasteiger charge is -2.22. The first kappa shape index (κ1) is 26.0. The maximum absolute atomic E-state index is 13.2. The van der Waals surface area contributed by atoms with Crippen molar-refractivity contribution in [1.29, 1.82) is 5.26 Å². The summed E-state index contributed by atoms with van der Waals surface area (Å²) in [5, 5.41) is 13.8. The summed E-state index contributed by atoms with van der Waals surface area (Å²) in [5.74, 6) is 0.593. The van der Waals surface area contributed by atoms with Crippen molar-refractivity contribution in [3.63, 3.8) is 0 Å². The highest BCUT2D eigenvalue weighted by Gasteiger charge is 2.22. The van der Waals surface area contributed by atoms with E-state index in [2.05, 4.69) is 85.0 Å². The van der Waals surface area contributed by atoms with Gasteiger partial charge in [-0.25, -0.2) is 4.58 Å². The van der Waals surface area contributed by atoms with Crippen LogP contribution in [0.4, 0.5) is 5.69 Å². The van der Waals surface area contributed by atoms with Crippen LogP contribution in [0.15, 0.2) is 65.1 Å². The van der Waals surface area contributed by atoms with E-state index in [9.17, 15) is 4.79 Å². The van der Waals surface area contributed by atoms with Crippen LogP contribution in [-0.4, -0.2) is 38.6 Å². The summed E-state index contributed by atoms with van der Waals surface area (Å²) in [4.78, 5) is 15.5. The van der Waals surface area contributed by atoms with Gasteiger partial charge in [-0.05, 0) is 57.5 Å². The van der Waals surface area contributed by atoms with E-state index in [1.807, 2.05) is 24.3 Å². The van der Waals surface area contributed by atoms with Gasteiger partial charge in [-0.2, -0.15) is 5.26 Å². The predicted octanol–water partition coefficient (Wildman–Crippen LogP) is 5.51. The molecule has 1 N–H and O–H groups in total. The molecule has 0 saturated heterocycles. The molecule has 1 heterocycles. The number of amides is 1. The molecule has 0 saturated carbocycles. The quantitative estimate of drug-likeness (QED) is 0.189. The van der Waals surface area contributed by atoms with Gasteiger partial charge in [-0.15, -0.1) is 0 Å². The number of nitriles is 1. The molecular formula is C31H35N4O2+. The smallest absolute Gasteiger partial charge is 0.251 e. The van der Waals surface area contributed by atoms with Crippen LogP contribution in [0.5, 0.6) is 0 Å². The Hall–Kier alpha value is -4.11. The number of anilines is 1. The van der Waals surface area contributed by atoms with E-state index in [-0.39, 0.29) is 12.3 Å². The topological polar surface area (TPSA) is 72.3 Å². The minimum atomic E-state index is -0.188. The number of nitrogens with zero attached hydrogens (tertiary/aromatic N) is 3. The van der Waals surface area contributed by atoms with Gasteiger partial charge in [0.05, 0.1) is 18.6 Å². The summed E-state index contributed by atoms with van der Waals surface area (Å²) in [6, 6.07) is 22.4. The molecule has 2 aliphatic rings. The first-order chi connectivity index (χ1) is 18.1. The zero-order chi connectivity index (χ0) is 26.4. The molecule has 6 nitrogen and oxygen atoms in total. The van der Waals surface area contributed by atoms with Crippen molar-refractivity contribution in [2.75, 3.05) is 37.6 Å². The molecule has 0 atom stereocenters. The average molecular weight is 496 g/mol. The van der Waals surface area contributed by atoms with Gasteiger partial charge in [0.2, 0.25) is 5.36 Å². The number of carbonyl (C=O) groups excluding carboxylic acids is 1. The van der Waals surface area contributed by atoms with Gasteiger partial charge in [0, 0.05) is 59.5 Å². The van der Waals surface area contributed by atoms with Crippen LogP contribution in [0.3, 0.4) is 0 Å². The highest BCUT2D eigenvalue weighted by Crippen LogP contribution is 2.42. The molecule has 37 heavy (non-hydrogen) atoms. The fourth-order valence-electron chi connectivity index (χ4n) is 4.95. The highest BCUT2D eigenvalue weighted by molar-refractivity contribution is 6.09. The van der Waals surface area contributed by atoms with E-state index in [0.717, 1.165) is 70.6 Å². The number of fused-ring (bicyclic) bond motifs is 2. The minimum absolute atomic E-state index is 0.188. The molecule has 1 amide bonds. The van der Waals surface area contributed by atoms with Crippen molar-refractivity contribution in [3.8, 4) is 28.5 Å². The molecule has 0 fully saturated rings.